The molecule has 0 N–H and O–H groups in total. The molecule has 0 saturated carbocycles. The molecule has 0 bridgehead atoms. The molecule has 5 heteroatoms. The van der Waals surface area contributed by atoms with Gasteiger partial charge in [-0.05, 0) is 29.3 Å². The first kappa shape index (κ1) is 15.7. The Labute approximate surface area is 146 Å². The van der Waals surface area contributed by atoms with Crippen molar-refractivity contribution in [3.63, 3.8) is 0 Å². The molecule has 4 rings (SSSR count). The van der Waals surface area contributed by atoms with Crippen molar-refractivity contribution in [1.29, 1.82) is 0 Å². The number of hydrogen-bond acceptors (Lipinski definition) is 4. The Bertz CT molecular complexity index is 870. The van der Waals surface area contributed by atoms with Gasteiger partial charge in [0.25, 0.3) is 0 Å². The summed E-state index contributed by atoms with van der Waals surface area (Å²) in [5, 5.41) is 0. The van der Waals surface area contributed by atoms with E-state index in [0.29, 0.717) is 48.9 Å². The lowest BCUT2D eigenvalue weighted by Gasteiger charge is -2.19. The van der Waals surface area contributed by atoms with Crippen LogP contribution in [0.4, 0.5) is 5.69 Å². The number of nitrogens with zero attached hydrogens (tertiary/aromatic N) is 2. The highest BCUT2D eigenvalue weighted by Crippen LogP contribution is 2.31. The third-order valence-electron chi connectivity index (χ3n) is 4.63. The lowest BCUT2D eigenvalue weighted by atomic mass is 10.1. The van der Waals surface area contributed by atoms with Gasteiger partial charge in [0.2, 0.25) is 0 Å². The average Bonchev–Trinajstić information content (AvgIpc) is 3.07. The van der Waals surface area contributed by atoms with Crippen molar-refractivity contribution in [2.75, 3.05) is 19.8 Å². The standard InChI is InChI=1S/C20H18N2O3/c1-21-17-4-2-15-12-22(13-16(15)10-17)7-6-18(23)14-3-5-19-20(11-14)25-9-8-24-19/h2-5,10-11H,6-9,12-13H2. The van der Waals surface area contributed by atoms with E-state index in [1.54, 1.807) is 18.2 Å². The number of ether oxygens (including phenoxy) is 2. The Morgan fingerprint density at radius 2 is 1.84 bits per heavy atom. The minimum absolute atomic E-state index is 0.106. The molecule has 2 aromatic carbocycles. The van der Waals surface area contributed by atoms with E-state index in [0.717, 1.165) is 13.1 Å². The van der Waals surface area contributed by atoms with Gasteiger partial charge in [-0.15, -0.1) is 0 Å². The molecule has 0 amide bonds. The Balaban J connectivity index is 1.37. The normalized spacial score (nSPS) is 15.5. The van der Waals surface area contributed by atoms with Gasteiger partial charge in [0.05, 0.1) is 6.57 Å². The molecule has 2 aliphatic heterocycles. The molecule has 0 aromatic heterocycles. The van der Waals surface area contributed by atoms with Crippen LogP contribution in [0, 0.1) is 6.57 Å². The maximum Gasteiger partial charge on any atom is 0.187 e. The Morgan fingerprint density at radius 1 is 1.04 bits per heavy atom. The van der Waals surface area contributed by atoms with Crippen LogP contribution in [0.2, 0.25) is 0 Å². The second kappa shape index (κ2) is 6.58. The number of carbonyl (C=O) groups excluding carboxylic acids is 1. The van der Waals surface area contributed by atoms with Crippen LogP contribution in [0.15, 0.2) is 36.4 Å². The predicted octanol–water partition coefficient (Wildman–Crippen LogP) is 3.60. The summed E-state index contributed by atoms with van der Waals surface area (Å²) in [7, 11) is 0. The summed E-state index contributed by atoms with van der Waals surface area (Å²) in [6.45, 7) is 10.5. The van der Waals surface area contributed by atoms with Crippen molar-refractivity contribution in [3.8, 4) is 11.5 Å². The molecule has 5 nitrogen and oxygen atoms in total. The fourth-order valence-corrected chi connectivity index (χ4v) is 3.30. The van der Waals surface area contributed by atoms with Gasteiger partial charge in [-0.3, -0.25) is 9.69 Å². The fraction of sp³-hybridized carbons (Fsp3) is 0.300. The van der Waals surface area contributed by atoms with Crippen LogP contribution in [0.1, 0.15) is 27.9 Å². The van der Waals surface area contributed by atoms with Crippen LogP contribution in [0.5, 0.6) is 11.5 Å². The predicted molar refractivity (Wildman–Crippen MR) is 93.2 cm³/mol. The van der Waals surface area contributed by atoms with Crippen molar-refractivity contribution in [2.45, 2.75) is 19.5 Å². The summed E-state index contributed by atoms with van der Waals surface area (Å²) >= 11 is 0. The van der Waals surface area contributed by atoms with Gasteiger partial charge in [-0.25, -0.2) is 4.85 Å². The quantitative estimate of drug-likeness (QED) is 0.633. The average molecular weight is 334 g/mol. The van der Waals surface area contributed by atoms with Crippen LogP contribution in [-0.4, -0.2) is 30.4 Å². The van der Waals surface area contributed by atoms with Crippen molar-refractivity contribution >= 4 is 11.5 Å². The molecular weight excluding hydrogens is 316 g/mol. The van der Waals surface area contributed by atoms with Crippen molar-refractivity contribution in [2.24, 2.45) is 0 Å². The highest BCUT2D eigenvalue weighted by Gasteiger charge is 2.20. The van der Waals surface area contributed by atoms with Crippen LogP contribution in [0.3, 0.4) is 0 Å². The second-order valence-electron chi connectivity index (χ2n) is 6.31. The van der Waals surface area contributed by atoms with Gasteiger partial charge in [0.1, 0.15) is 13.2 Å². The summed E-state index contributed by atoms with van der Waals surface area (Å²) in [4.78, 5) is 18.2. The first-order valence-corrected chi connectivity index (χ1v) is 8.37. The Hall–Kier alpha value is -2.84. The number of rotatable bonds is 4. The van der Waals surface area contributed by atoms with E-state index < -0.39 is 0 Å². The molecule has 0 atom stereocenters. The van der Waals surface area contributed by atoms with Gasteiger partial charge >= 0.3 is 0 Å². The van der Waals surface area contributed by atoms with Gasteiger partial charge in [-0.2, -0.15) is 0 Å². The monoisotopic (exact) mass is 334 g/mol. The summed E-state index contributed by atoms with van der Waals surface area (Å²) in [5.74, 6) is 1.46. The number of benzene rings is 2. The zero-order valence-corrected chi connectivity index (χ0v) is 13.8. The van der Waals surface area contributed by atoms with E-state index in [1.807, 2.05) is 18.2 Å². The van der Waals surface area contributed by atoms with Gasteiger partial charge < -0.3 is 9.47 Å². The highest BCUT2D eigenvalue weighted by atomic mass is 16.6. The van der Waals surface area contributed by atoms with Crippen LogP contribution >= 0.6 is 0 Å². The van der Waals surface area contributed by atoms with E-state index >= 15 is 0 Å². The second-order valence-corrected chi connectivity index (χ2v) is 6.31. The van der Waals surface area contributed by atoms with E-state index in [2.05, 4.69) is 9.74 Å². The highest BCUT2D eigenvalue weighted by molar-refractivity contribution is 5.96. The summed E-state index contributed by atoms with van der Waals surface area (Å²) in [5.41, 5.74) is 3.78. The lowest BCUT2D eigenvalue weighted by Crippen LogP contribution is -2.20. The third-order valence-corrected chi connectivity index (χ3v) is 4.63. The zero-order chi connectivity index (χ0) is 17.2. The van der Waals surface area contributed by atoms with E-state index in [1.165, 1.54) is 11.1 Å². The summed E-state index contributed by atoms with van der Waals surface area (Å²) in [6, 6.07) is 11.2. The smallest absolute Gasteiger partial charge is 0.187 e. The van der Waals surface area contributed by atoms with Gasteiger partial charge in [0, 0.05) is 31.6 Å². The topological polar surface area (TPSA) is 43.1 Å². The van der Waals surface area contributed by atoms with Crippen molar-refractivity contribution < 1.29 is 14.3 Å². The maximum atomic E-state index is 12.5. The van der Waals surface area contributed by atoms with Crippen LogP contribution in [-0.2, 0) is 13.1 Å². The number of hydrogen-bond donors (Lipinski definition) is 0. The number of carbonyl (C=O) groups is 1. The van der Waals surface area contributed by atoms with E-state index in [-0.39, 0.29) is 5.78 Å². The molecule has 126 valence electrons. The molecule has 0 spiro atoms. The summed E-state index contributed by atoms with van der Waals surface area (Å²) in [6.07, 6.45) is 0.462. The SMILES string of the molecule is [C-]#[N+]c1ccc2c(c1)CN(CCC(=O)c1ccc3c(c1)OCCO3)C2. The number of ketones is 1. The Morgan fingerprint density at radius 3 is 2.68 bits per heavy atom. The first-order chi connectivity index (χ1) is 12.2. The molecule has 25 heavy (non-hydrogen) atoms. The third kappa shape index (κ3) is 3.21. The first-order valence-electron chi connectivity index (χ1n) is 8.37. The van der Waals surface area contributed by atoms with E-state index in [9.17, 15) is 4.79 Å². The molecule has 2 aromatic rings. The number of Topliss-reactive ketones (excluding diaryl/α,β-unsaturated/α-hetero) is 1. The fourth-order valence-electron chi connectivity index (χ4n) is 3.30. The maximum absolute atomic E-state index is 12.5. The van der Waals surface area contributed by atoms with Crippen molar-refractivity contribution in [1.82, 2.24) is 4.90 Å². The molecular formula is C20H18N2O3. The van der Waals surface area contributed by atoms with Gasteiger partial charge in [-0.1, -0.05) is 18.2 Å². The van der Waals surface area contributed by atoms with Crippen molar-refractivity contribution in [3.05, 3.63) is 64.5 Å². The minimum Gasteiger partial charge on any atom is -0.486 e. The lowest BCUT2D eigenvalue weighted by molar-refractivity contribution is 0.0962. The number of fused-ring (bicyclic) bond motifs is 2. The molecule has 2 heterocycles. The summed E-state index contributed by atoms with van der Waals surface area (Å²) < 4.78 is 11.0. The molecule has 0 radical (unpaired) electrons. The molecule has 2 aliphatic rings. The minimum atomic E-state index is 0.106. The van der Waals surface area contributed by atoms with E-state index in [4.69, 9.17) is 16.0 Å². The van der Waals surface area contributed by atoms with Crippen LogP contribution < -0.4 is 9.47 Å². The molecule has 0 fully saturated rings. The molecule has 0 aliphatic carbocycles. The zero-order valence-electron chi connectivity index (χ0n) is 13.8. The Kier molecular flexibility index (Phi) is 4.12. The largest absolute Gasteiger partial charge is 0.486 e. The van der Waals surface area contributed by atoms with Gasteiger partial charge in [0.15, 0.2) is 23.0 Å². The van der Waals surface area contributed by atoms with Crippen LogP contribution in [0.25, 0.3) is 4.85 Å². The molecule has 0 unspecified atom stereocenters. The molecule has 0 saturated heterocycles.